The van der Waals surface area contributed by atoms with E-state index in [2.05, 4.69) is 23.5 Å². The molecule has 2 aliphatic rings. The van der Waals surface area contributed by atoms with E-state index in [1.54, 1.807) is 11.1 Å². The van der Waals surface area contributed by atoms with Gasteiger partial charge in [0.25, 0.3) is 0 Å². The molecule has 1 aromatic rings. The van der Waals surface area contributed by atoms with Crippen LogP contribution in [0.3, 0.4) is 0 Å². The van der Waals surface area contributed by atoms with Crippen molar-refractivity contribution < 1.29 is 5.11 Å². The average Bonchev–Trinajstić information content (AvgIpc) is 2.88. The number of aliphatic hydroxyl groups is 1. The summed E-state index contributed by atoms with van der Waals surface area (Å²) in [5.74, 6) is 0. The molecule has 0 atom stereocenters. The van der Waals surface area contributed by atoms with Gasteiger partial charge in [0.2, 0.25) is 0 Å². The summed E-state index contributed by atoms with van der Waals surface area (Å²) in [5.41, 5.74) is 4.63. The highest BCUT2D eigenvalue weighted by atomic mass is 16.3. The van der Waals surface area contributed by atoms with Crippen LogP contribution in [0.4, 0.5) is 0 Å². The van der Waals surface area contributed by atoms with Crippen LogP contribution in [-0.4, -0.2) is 23.8 Å². The lowest BCUT2D eigenvalue weighted by molar-refractivity contribution is 0.117. The number of aliphatic hydroxyl groups excluding tert-OH is 1. The van der Waals surface area contributed by atoms with Crippen molar-refractivity contribution in [2.75, 3.05) is 6.54 Å². The summed E-state index contributed by atoms with van der Waals surface area (Å²) < 4.78 is 0. The zero-order chi connectivity index (χ0) is 13.1. The molecule has 0 amide bonds. The van der Waals surface area contributed by atoms with Crippen LogP contribution < -0.4 is 5.32 Å². The Hall–Kier alpha value is -0.860. The Balaban J connectivity index is 1.45. The van der Waals surface area contributed by atoms with Crippen molar-refractivity contribution in [1.29, 1.82) is 0 Å². The van der Waals surface area contributed by atoms with E-state index in [0.717, 1.165) is 38.6 Å². The lowest BCUT2D eigenvalue weighted by atomic mass is 9.93. The van der Waals surface area contributed by atoms with Gasteiger partial charge < -0.3 is 10.4 Å². The first-order chi connectivity index (χ1) is 9.31. The van der Waals surface area contributed by atoms with Crippen LogP contribution in [0.2, 0.25) is 0 Å². The number of rotatable bonds is 4. The maximum absolute atomic E-state index is 9.49. The summed E-state index contributed by atoms with van der Waals surface area (Å²) in [4.78, 5) is 0. The van der Waals surface area contributed by atoms with Gasteiger partial charge in [0.05, 0.1) is 6.10 Å². The molecule has 0 aromatic heterocycles. The van der Waals surface area contributed by atoms with Gasteiger partial charge in [-0.15, -0.1) is 0 Å². The smallest absolute Gasteiger partial charge is 0.0541 e. The molecule has 2 heteroatoms. The van der Waals surface area contributed by atoms with Crippen molar-refractivity contribution in [3.8, 4) is 0 Å². The Kier molecular flexibility index (Phi) is 4.19. The van der Waals surface area contributed by atoms with Crippen LogP contribution in [-0.2, 0) is 19.3 Å². The maximum atomic E-state index is 9.49. The van der Waals surface area contributed by atoms with Gasteiger partial charge in [-0.05, 0) is 74.6 Å². The molecule has 0 aliphatic heterocycles. The number of benzene rings is 1. The Morgan fingerprint density at radius 1 is 1.05 bits per heavy atom. The molecule has 0 radical (unpaired) electrons. The SMILES string of the molecule is OC1CCC(NCCc2ccc3c(c2)CCC3)CC1. The van der Waals surface area contributed by atoms with Gasteiger partial charge in [-0.1, -0.05) is 18.2 Å². The summed E-state index contributed by atoms with van der Waals surface area (Å²) >= 11 is 0. The molecule has 2 nitrogen and oxygen atoms in total. The van der Waals surface area contributed by atoms with E-state index in [1.807, 2.05) is 0 Å². The minimum atomic E-state index is -0.0465. The summed E-state index contributed by atoms with van der Waals surface area (Å²) in [6, 6.07) is 7.66. The van der Waals surface area contributed by atoms with Gasteiger partial charge in [-0.2, -0.15) is 0 Å². The highest BCUT2D eigenvalue weighted by molar-refractivity contribution is 5.35. The standard InChI is InChI=1S/C17H25NO/c19-17-8-6-16(7-9-17)18-11-10-13-4-5-14-2-1-3-15(14)12-13/h4-5,12,16-19H,1-3,6-11H2. The topological polar surface area (TPSA) is 32.3 Å². The van der Waals surface area contributed by atoms with E-state index < -0.39 is 0 Å². The van der Waals surface area contributed by atoms with Crippen LogP contribution in [0.1, 0.15) is 48.8 Å². The molecule has 0 bridgehead atoms. The van der Waals surface area contributed by atoms with Gasteiger partial charge in [0.1, 0.15) is 0 Å². The molecule has 1 aromatic carbocycles. The zero-order valence-corrected chi connectivity index (χ0v) is 11.7. The first-order valence-electron chi connectivity index (χ1n) is 7.83. The molecule has 1 fully saturated rings. The second-order valence-corrected chi connectivity index (χ2v) is 6.17. The molecular weight excluding hydrogens is 234 g/mol. The molecule has 2 aliphatic carbocycles. The van der Waals surface area contributed by atoms with Gasteiger partial charge in [0.15, 0.2) is 0 Å². The van der Waals surface area contributed by atoms with Crippen LogP contribution in [0.25, 0.3) is 0 Å². The maximum Gasteiger partial charge on any atom is 0.0541 e. The fourth-order valence-corrected chi connectivity index (χ4v) is 3.48. The Morgan fingerprint density at radius 3 is 2.68 bits per heavy atom. The Morgan fingerprint density at radius 2 is 1.84 bits per heavy atom. The van der Waals surface area contributed by atoms with E-state index in [4.69, 9.17) is 0 Å². The second-order valence-electron chi connectivity index (χ2n) is 6.17. The summed E-state index contributed by atoms with van der Waals surface area (Å²) in [6.45, 7) is 1.07. The molecule has 0 spiro atoms. The highest BCUT2D eigenvalue weighted by Crippen LogP contribution is 2.23. The lowest BCUT2D eigenvalue weighted by Crippen LogP contribution is -2.35. The van der Waals surface area contributed by atoms with Crippen LogP contribution in [0.15, 0.2) is 18.2 Å². The first kappa shape index (κ1) is 13.1. The average molecular weight is 259 g/mol. The number of nitrogens with one attached hydrogen (secondary N) is 1. The monoisotopic (exact) mass is 259 g/mol. The molecule has 104 valence electrons. The van der Waals surface area contributed by atoms with E-state index in [0.29, 0.717) is 6.04 Å². The first-order valence-corrected chi connectivity index (χ1v) is 7.83. The predicted molar refractivity (Wildman–Crippen MR) is 78.4 cm³/mol. The van der Waals surface area contributed by atoms with E-state index in [-0.39, 0.29) is 6.10 Å². The molecular formula is C17H25NO. The quantitative estimate of drug-likeness (QED) is 0.871. The summed E-state index contributed by atoms with van der Waals surface area (Å²) in [7, 11) is 0. The van der Waals surface area contributed by atoms with Gasteiger partial charge >= 0.3 is 0 Å². The number of hydrogen-bond acceptors (Lipinski definition) is 2. The minimum Gasteiger partial charge on any atom is -0.393 e. The molecule has 0 heterocycles. The molecule has 0 saturated heterocycles. The Labute approximate surface area is 116 Å². The van der Waals surface area contributed by atoms with E-state index in [1.165, 1.54) is 24.8 Å². The van der Waals surface area contributed by atoms with Crippen LogP contribution in [0.5, 0.6) is 0 Å². The van der Waals surface area contributed by atoms with Crippen LogP contribution in [0, 0.1) is 0 Å². The van der Waals surface area contributed by atoms with Gasteiger partial charge in [-0.3, -0.25) is 0 Å². The van der Waals surface area contributed by atoms with Crippen molar-refractivity contribution in [3.63, 3.8) is 0 Å². The van der Waals surface area contributed by atoms with Gasteiger partial charge in [0, 0.05) is 6.04 Å². The normalized spacial score (nSPS) is 26.4. The third-order valence-electron chi connectivity index (χ3n) is 4.71. The molecule has 2 N–H and O–H groups in total. The third kappa shape index (κ3) is 3.37. The number of aryl methyl sites for hydroxylation is 2. The van der Waals surface area contributed by atoms with Gasteiger partial charge in [-0.25, -0.2) is 0 Å². The molecule has 3 rings (SSSR count). The van der Waals surface area contributed by atoms with Crippen molar-refractivity contribution >= 4 is 0 Å². The second kappa shape index (κ2) is 6.06. The summed E-state index contributed by atoms with van der Waals surface area (Å²) in [6.07, 6.45) is 9.17. The predicted octanol–water partition coefficient (Wildman–Crippen LogP) is 2.61. The van der Waals surface area contributed by atoms with Crippen molar-refractivity contribution in [2.45, 2.75) is 63.5 Å². The highest BCUT2D eigenvalue weighted by Gasteiger charge is 2.18. The fourth-order valence-electron chi connectivity index (χ4n) is 3.48. The fraction of sp³-hybridized carbons (Fsp3) is 0.647. The van der Waals surface area contributed by atoms with Crippen molar-refractivity contribution in [2.24, 2.45) is 0 Å². The number of fused-ring (bicyclic) bond motifs is 1. The minimum absolute atomic E-state index is 0.0465. The van der Waals surface area contributed by atoms with Crippen LogP contribution >= 0.6 is 0 Å². The third-order valence-corrected chi connectivity index (χ3v) is 4.71. The van der Waals surface area contributed by atoms with E-state index in [9.17, 15) is 5.11 Å². The zero-order valence-electron chi connectivity index (χ0n) is 11.7. The summed E-state index contributed by atoms with van der Waals surface area (Å²) in [5, 5.41) is 13.1. The van der Waals surface area contributed by atoms with Crippen molar-refractivity contribution in [1.82, 2.24) is 5.32 Å². The Bertz CT molecular complexity index is 421. The molecule has 0 unspecified atom stereocenters. The lowest BCUT2D eigenvalue weighted by Gasteiger charge is -2.26. The molecule has 19 heavy (non-hydrogen) atoms. The van der Waals surface area contributed by atoms with E-state index >= 15 is 0 Å². The number of hydrogen-bond donors (Lipinski definition) is 2. The molecule has 1 saturated carbocycles. The largest absolute Gasteiger partial charge is 0.393 e. The van der Waals surface area contributed by atoms with Crippen molar-refractivity contribution in [3.05, 3.63) is 34.9 Å².